The molecule has 0 radical (unpaired) electrons. The number of pyridine rings is 1. The zero-order valence-corrected chi connectivity index (χ0v) is 18.5. The van der Waals surface area contributed by atoms with Crippen LogP contribution in [0.4, 0.5) is 0 Å². The molecule has 6 nitrogen and oxygen atoms in total. The Morgan fingerprint density at radius 3 is 2.55 bits per heavy atom. The van der Waals surface area contributed by atoms with E-state index in [0.29, 0.717) is 18.5 Å². The molecule has 2 N–H and O–H groups in total. The molecule has 0 saturated carbocycles. The number of aromatic nitrogens is 1. The van der Waals surface area contributed by atoms with Gasteiger partial charge in [0.2, 0.25) is 10.0 Å². The maximum atomic E-state index is 12.9. The van der Waals surface area contributed by atoms with Crippen LogP contribution in [0, 0.1) is 18.3 Å². The molecule has 7 heteroatoms. The largest absolute Gasteiger partial charge is 0.481 e. The summed E-state index contributed by atoms with van der Waals surface area (Å²) in [5.41, 5.74) is 2.29. The number of aliphatic carboxylic acids is 1. The number of carboxylic acids is 1. The minimum absolute atomic E-state index is 0.130. The first-order chi connectivity index (χ1) is 13.4. The van der Waals surface area contributed by atoms with Gasteiger partial charge in [-0.2, -0.15) is 0 Å². The highest BCUT2D eigenvalue weighted by atomic mass is 32.2. The first-order valence-corrected chi connectivity index (χ1v) is 11.2. The van der Waals surface area contributed by atoms with Crippen molar-refractivity contribution in [1.29, 1.82) is 0 Å². The van der Waals surface area contributed by atoms with Crippen LogP contribution in [0.25, 0.3) is 0 Å². The van der Waals surface area contributed by atoms with E-state index in [0.717, 1.165) is 16.7 Å². The fourth-order valence-electron chi connectivity index (χ4n) is 3.07. The van der Waals surface area contributed by atoms with Gasteiger partial charge in [0.25, 0.3) is 0 Å². The van der Waals surface area contributed by atoms with Crippen molar-refractivity contribution in [2.75, 3.05) is 0 Å². The fraction of sp³-hybridized carbons (Fsp3) is 0.455. The van der Waals surface area contributed by atoms with Crippen molar-refractivity contribution in [3.8, 4) is 0 Å². The molecule has 0 unspecified atom stereocenters. The van der Waals surface area contributed by atoms with Crippen molar-refractivity contribution in [3.63, 3.8) is 0 Å². The lowest BCUT2D eigenvalue weighted by Crippen LogP contribution is -2.27. The van der Waals surface area contributed by atoms with Crippen LogP contribution in [0.5, 0.6) is 0 Å². The van der Waals surface area contributed by atoms with Gasteiger partial charge >= 0.3 is 5.97 Å². The van der Waals surface area contributed by atoms with Gasteiger partial charge in [-0.3, -0.25) is 9.78 Å². The number of sulfonamides is 1. The molecule has 0 aliphatic heterocycles. The summed E-state index contributed by atoms with van der Waals surface area (Å²) >= 11 is 0. The van der Waals surface area contributed by atoms with Crippen molar-refractivity contribution in [2.45, 2.75) is 58.9 Å². The summed E-state index contributed by atoms with van der Waals surface area (Å²) in [4.78, 5) is 15.9. The number of aryl methyl sites for hydroxylation is 1. The summed E-state index contributed by atoms with van der Waals surface area (Å²) in [6.07, 6.45) is 2.55. The number of nitrogens with one attached hydrogen (secondary N) is 1. The summed E-state index contributed by atoms with van der Waals surface area (Å²) in [6, 6.07) is 8.86. The molecule has 0 aliphatic carbocycles. The van der Waals surface area contributed by atoms with E-state index in [1.165, 1.54) is 0 Å². The van der Waals surface area contributed by atoms with Crippen LogP contribution >= 0.6 is 0 Å². The Morgan fingerprint density at radius 1 is 1.24 bits per heavy atom. The Balaban J connectivity index is 2.23. The van der Waals surface area contributed by atoms with Gasteiger partial charge in [0.1, 0.15) is 4.90 Å². The molecule has 1 aromatic carbocycles. The van der Waals surface area contributed by atoms with Crippen LogP contribution in [-0.2, 0) is 34.2 Å². The number of hydrogen-bond acceptors (Lipinski definition) is 4. The number of carboxylic acid groups (broad SMARTS) is 1. The Bertz CT molecular complexity index is 982. The molecule has 0 atom stereocenters. The molecule has 1 heterocycles. The van der Waals surface area contributed by atoms with E-state index >= 15 is 0 Å². The van der Waals surface area contributed by atoms with Gasteiger partial charge in [-0.1, -0.05) is 32.0 Å². The lowest BCUT2D eigenvalue weighted by atomic mass is 9.85. The van der Waals surface area contributed by atoms with Crippen molar-refractivity contribution >= 4 is 16.0 Å². The van der Waals surface area contributed by atoms with Gasteiger partial charge < -0.3 is 5.11 Å². The average molecular weight is 419 g/mol. The van der Waals surface area contributed by atoms with Crippen LogP contribution in [0.15, 0.2) is 41.4 Å². The monoisotopic (exact) mass is 418 g/mol. The molecule has 2 aromatic rings. The van der Waals surface area contributed by atoms with Gasteiger partial charge in [0.15, 0.2) is 0 Å². The third kappa shape index (κ3) is 6.11. The van der Waals surface area contributed by atoms with E-state index in [1.807, 2.05) is 39.0 Å². The Hall–Kier alpha value is -2.25. The Morgan fingerprint density at radius 2 is 1.93 bits per heavy atom. The SMILES string of the molecule is Cc1ccc(CC(C)(C)C(=O)O)cc1CNS(=O)(=O)c1cccnc1CC(C)C. The minimum Gasteiger partial charge on any atom is -0.481 e. The third-order valence-corrected chi connectivity index (χ3v) is 6.31. The van der Waals surface area contributed by atoms with Crippen molar-refractivity contribution in [2.24, 2.45) is 11.3 Å². The predicted octanol–water partition coefficient (Wildman–Crippen LogP) is 3.72. The molecule has 0 aliphatic rings. The van der Waals surface area contributed by atoms with Gasteiger partial charge in [-0.05, 0) is 68.4 Å². The number of rotatable bonds is 9. The zero-order valence-electron chi connectivity index (χ0n) is 17.7. The predicted molar refractivity (Wildman–Crippen MR) is 113 cm³/mol. The molecule has 2 rings (SSSR count). The molecule has 0 saturated heterocycles. The number of benzene rings is 1. The van der Waals surface area contributed by atoms with Crippen LogP contribution in [0.2, 0.25) is 0 Å². The summed E-state index contributed by atoms with van der Waals surface area (Å²) in [7, 11) is -3.72. The van der Waals surface area contributed by atoms with Crippen molar-refractivity contribution in [1.82, 2.24) is 9.71 Å². The second-order valence-electron chi connectivity index (χ2n) is 8.50. The first kappa shape index (κ1) is 23.0. The highest BCUT2D eigenvalue weighted by molar-refractivity contribution is 7.89. The Kier molecular flexibility index (Phi) is 7.19. The molecule has 158 valence electrons. The lowest BCUT2D eigenvalue weighted by Gasteiger charge is -2.20. The van der Waals surface area contributed by atoms with Gasteiger partial charge in [0, 0.05) is 12.7 Å². The van der Waals surface area contributed by atoms with E-state index in [9.17, 15) is 18.3 Å². The average Bonchev–Trinajstić information content (AvgIpc) is 2.61. The third-order valence-electron chi connectivity index (χ3n) is 4.83. The molecule has 1 aromatic heterocycles. The zero-order chi connectivity index (χ0) is 21.8. The number of carbonyl (C=O) groups is 1. The fourth-order valence-corrected chi connectivity index (χ4v) is 4.27. The molecule has 0 spiro atoms. The molecule has 0 amide bonds. The van der Waals surface area contributed by atoms with Crippen LogP contribution < -0.4 is 4.72 Å². The van der Waals surface area contributed by atoms with Crippen molar-refractivity contribution in [3.05, 3.63) is 58.9 Å². The van der Waals surface area contributed by atoms with E-state index in [1.54, 1.807) is 32.2 Å². The molecule has 0 bridgehead atoms. The van der Waals surface area contributed by atoms with Gasteiger partial charge in [0.05, 0.1) is 11.1 Å². The first-order valence-electron chi connectivity index (χ1n) is 9.68. The van der Waals surface area contributed by atoms with E-state index in [2.05, 4.69) is 9.71 Å². The molecular weight excluding hydrogens is 388 g/mol. The molecule has 29 heavy (non-hydrogen) atoms. The second kappa shape index (κ2) is 9.05. The summed E-state index contributed by atoms with van der Waals surface area (Å²) in [5, 5.41) is 9.35. The topological polar surface area (TPSA) is 96.4 Å². The standard InChI is InChI=1S/C22H30N2O4S/c1-15(2)11-19-20(7-6-10-23-19)29(27,28)24-14-18-12-17(9-8-16(18)3)13-22(4,5)21(25)26/h6-10,12,15,24H,11,13-14H2,1-5H3,(H,25,26). The summed E-state index contributed by atoms with van der Waals surface area (Å²) in [5.74, 6) is -0.579. The summed E-state index contributed by atoms with van der Waals surface area (Å²) < 4.78 is 28.5. The minimum atomic E-state index is -3.72. The smallest absolute Gasteiger partial charge is 0.309 e. The molecular formula is C22H30N2O4S. The van der Waals surface area contributed by atoms with Gasteiger partial charge in [-0.15, -0.1) is 0 Å². The normalized spacial score (nSPS) is 12.3. The highest BCUT2D eigenvalue weighted by Gasteiger charge is 2.27. The van der Waals surface area contributed by atoms with E-state index in [-0.39, 0.29) is 17.4 Å². The van der Waals surface area contributed by atoms with Gasteiger partial charge in [-0.25, -0.2) is 13.1 Å². The number of hydrogen-bond donors (Lipinski definition) is 2. The molecule has 0 fully saturated rings. The number of nitrogens with zero attached hydrogens (tertiary/aromatic N) is 1. The van der Waals surface area contributed by atoms with Crippen molar-refractivity contribution < 1.29 is 18.3 Å². The summed E-state index contributed by atoms with van der Waals surface area (Å²) in [6.45, 7) is 9.43. The van der Waals surface area contributed by atoms with Crippen LogP contribution in [0.3, 0.4) is 0 Å². The van der Waals surface area contributed by atoms with Crippen LogP contribution in [0.1, 0.15) is 50.1 Å². The van der Waals surface area contributed by atoms with E-state index < -0.39 is 21.4 Å². The second-order valence-corrected chi connectivity index (χ2v) is 10.2. The van der Waals surface area contributed by atoms with E-state index in [4.69, 9.17) is 0 Å². The lowest BCUT2D eigenvalue weighted by molar-refractivity contribution is -0.146. The maximum absolute atomic E-state index is 12.9. The maximum Gasteiger partial charge on any atom is 0.309 e. The van der Waals surface area contributed by atoms with Crippen LogP contribution in [-0.4, -0.2) is 24.5 Å². The quantitative estimate of drug-likeness (QED) is 0.647. The Labute approximate surface area is 173 Å². The highest BCUT2D eigenvalue weighted by Crippen LogP contribution is 2.24.